The molecule has 2 aliphatic rings. The van der Waals surface area contributed by atoms with E-state index in [0.717, 1.165) is 106 Å². The first kappa shape index (κ1) is 43.4. The second kappa shape index (κ2) is 17.9. The molecule has 4 aromatic heterocycles. The summed E-state index contributed by atoms with van der Waals surface area (Å²) in [5.74, 6) is 2.49. The third kappa shape index (κ3) is 7.79. The van der Waals surface area contributed by atoms with E-state index in [0.29, 0.717) is 23.3 Å². The Labute approximate surface area is 430 Å². The second-order valence-electron chi connectivity index (χ2n) is 16.6. The molecule has 0 saturated carbocycles. The Morgan fingerprint density at radius 1 is 0.271 bits per heavy atom. The number of halogens is 1. The summed E-state index contributed by atoms with van der Waals surface area (Å²) in [4.78, 5) is 42.1. The Balaban J connectivity index is 0.00000480. The van der Waals surface area contributed by atoms with Gasteiger partial charge < -0.3 is 12.4 Å². The van der Waals surface area contributed by atoms with E-state index in [1.54, 1.807) is 47.0 Å². The van der Waals surface area contributed by atoms with E-state index in [2.05, 4.69) is 189 Å². The molecule has 2 aliphatic heterocycles. The number of fused-ring (bicyclic) bond motifs is 16. The van der Waals surface area contributed by atoms with E-state index in [9.17, 15) is 0 Å². The standard InChI is InChI=1S/C56H32N8S4.Al.ClH/c1-5-13-33(14-6-1)65-37-21-25-41-45(29-37)53-58-49(41)57-50-42-26-22-38(66-34-15-7-2-8-16-34)30-46(42)54(59-50)61-52-44-28-24-40(68-36-19-11-4-12-20-36)32-48(44)56(63-52)64-55-47-31-39(67-35-17-9-3-10-18-35)23-27-43(47)51(60-53)62-55;;/h1-32H;;1H/q-2;+3;/p-1. The van der Waals surface area contributed by atoms with E-state index in [1.165, 1.54) is 0 Å². The van der Waals surface area contributed by atoms with Gasteiger partial charge >= 0.3 is 422 Å². The minimum atomic E-state index is -0.828. The first-order valence-corrected chi connectivity index (χ1v) is 26.6. The third-order valence-electron chi connectivity index (χ3n) is 12.2. The van der Waals surface area contributed by atoms with E-state index in [-0.39, 0.29) is 12.4 Å². The zero-order valence-corrected chi connectivity index (χ0v) is 41.8. The van der Waals surface area contributed by atoms with Crippen LogP contribution in [-0.4, -0.2) is 51.9 Å². The predicted molar refractivity (Wildman–Crippen MR) is 282 cm³/mol. The van der Waals surface area contributed by atoms with E-state index in [1.807, 2.05) is 12.1 Å². The van der Waals surface area contributed by atoms with Gasteiger partial charge in [0.2, 0.25) is 0 Å². The van der Waals surface area contributed by atoms with Crippen LogP contribution in [0.3, 0.4) is 0 Å². The molecule has 0 radical (unpaired) electrons. The van der Waals surface area contributed by atoms with Gasteiger partial charge in [0, 0.05) is 0 Å². The normalized spacial score (nSPS) is 11.8. The van der Waals surface area contributed by atoms with Gasteiger partial charge in [-0.3, -0.25) is 0 Å². The summed E-state index contributed by atoms with van der Waals surface area (Å²) < 4.78 is 4.61. The molecule has 70 heavy (non-hydrogen) atoms. The second-order valence-corrected chi connectivity index (χ2v) is 22.5. The first-order valence-electron chi connectivity index (χ1n) is 22.3. The Bertz CT molecular complexity index is 4150. The number of hydrogen-bond donors (Lipinski definition) is 0. The maximum absolute atomic E-state index is 5.64. The van der Waals surface area contributed by atoms with Gasteiger partial charge in [0.25, 0.3) is 0 Å². The summed E-state index contributed by atoms with van der Waals surface area (Å²) in [7, 11) is 0. The van der Waals surface area contributed by atoms with E-state index < -0.39 is 15.2 Å². The molecule has 0 spiro atoms. The molecule has 8 nitrogen and oxygen atoms in total. The van der Waals surface area contributed by atoms with Crippen molar-refractivity contribution in [2.75, 3.05) is 0 Å². The molecular formula is C56H32AlClN8S4. The fourth-order valence-electron chi connectivity index (χ4n) is 9.06. The maximum atomic E-state index is 5.64. The zero-order valence-electron chi connectivity index (χ0n) is 36.6. The van der Waals surface area contributed by atoms with Crippen molar-refractivity contribution in [2.24, 2.45) is 0 Å². The Hall–Kier alpha value is -6.66. The molecule has 0 amide bonds. The van der Waals surface area contributed by atoms with Gasteiger partial charge in [0.15, 0.2) is 0 Å². The van der Waals surface area contributed by atoms with Gasteiger partial charge in [-0.1, -0.05) is 0 Å². The van der Waals surface area contributed by atoms with Crippen molar-refractivity contribution in [3.63, 3.8) is 0 Å². The summed E-state index contributed by atoms with van der Waals surface area (Å²) in [6.07, 6.45) is 0. The van der Waals surface area contributed by atoms with Crippen LogP contribution in [-0.2, 0) is 0 Å². The number of benzene rings is 8. The van der Waals surface area contributed by atoms with Crippen molar-refractivity contribution in [1.29, 1.82) is 0 Å². The van der Waals surface area contributed by atoms with Gasteiger partial charge in [0.1, 0.15) is 0 Å². The molecule has 6 heterocycles. The summed E-state index contributed by atoms with van der Waals surface area (Å²) in [5.41, 5.74) is 6.91. The van der Waals surface area contributed by atoms with Gasteiger partial charge in [-0.15, -0.1) is 0 Å². The van der Waals surface area contributed by atoms with Crippen LogP contribution in [0.2, 0.25) is 0 Å². The van der Waals surface area contributed by atoms with Crippen LogP contribution in [0.1, 0.15) is 0 Å². The van der Waals surface area contributed by atoms with Crippen molar-refractivity contribution in [3.05, 3.63) is 194 Å². The Morgan fingerprint density at radius 2 is 0.571 bits per heavy atom. The SMILES string of the molecule is [Cl-].c1ccc(Sc2ccc3c(c2)-c2nc-3nc3c4ccc(Sc5ccccc5)cc4c4nc5nc(nc6c7cc(Sc8ccccc8)ccc7c(n2)[n]6[Al+][n]34)-c2cc(Sc3ccccc3)ccc2-5)cc1. The predicted octanol–water partition coefficient (Wildman–Crippen LogP) is 11.7. The summed E-state index contributed by atoms with van der Waals surface area (Å²) >= 11 is 6.09. The van der Waals surface area contributed by atoms with Crippen molar-refractivity contribution >= 4 is 106 Å². The Morgan fingerprint density at radius 3 is 0.929 bits per heavy atom. The van der Waals surface area contributed by atoms with Crippen LogP contribution in [0.5, 0.6) is 0 Å². The van der Waals surface area contributed by atoms with Crippen molar-refractivity contribution in [2.45, 2.75) is 39.2 Å². The molecular weight excluding hydrogens is 975 g/mol. The monoisotopic (exact) mass is 1010 g/mol. The number of nitrogens with zero attached hydrogens (tertiary/aromatic N) is 8. The number of aromatic nitrogens is 8. The van der Waals surface area contributed by atoms with Gasteiger partial charge in [-0.2, -0.15) is 0 Å². The average molecular weight is 1010 g/mol. The van der Waals surface area contributed by atoms with Crippen LogP contribution in [0.4, 0.5) is 0 Å². The quantitative estimate of drug-likeness (QED) is 0.137. The van der Waals surface area contributed by atoms with Crippen molar-refractivity contribution in [1.82, 2.24) is 36.6 Å². The first-order chi connectivity index (χ1) is 34.1. The van der Waals surface area contributed by atoms with Crippen LogP contribution in [0.25, 0.3) is 89.7 Å². The minimum absolute atomic E-state index is 0. The van der Waals surface area contributed by atoms with Crippen LogP contribution >= 0.6 is 47.0 Å². The topological polar surface area (TPSA) is 86.2 Å². The third-order valence-corrected chi connectivity index (χ3v) is 17.7. The fourth-order valence-corrected chi connectivity index (χ4v) is 14.0. The molecule has 14 rings (SSSR count). The van der Waals surface area contributed by atoms with Gasteiger partial charge in [-0.05, 0) is 0 Å². The molecule has 0 N–H and O–H groups in total. The number of hydrogen-bond acceptors (Lipinski definition) is 10. The molecule has 14 heteroatoms. The van der Waals surface area contributed by atoms with Crippen LogP contribution in [0, 0.1) is 0 Å². The summed E-state index contributed by atoms with van der Waals surface area (Å²) in [5, 5.41) is 3.95. The number of rotatable bonds is 8. The molecule has 0 atom stereocenters. The summed E-state index contributed by atoms with van der Waals surface area (Å²) in [6, 6.07) is 68.3. The molecule has 0 aliphatic carbocycles. The van der Waals surface area contributed by atoms with Crippen LogP contribution in [0.15, 0.2) is 233 Å². The van der Waals surface area contributed by atoms with Gasteiger partial charge in [0.05, 0.1) is 0 Å². The molecule has 0 fully saturated rings. The fraction of sp³-hybridized carbons (Fsp3) is 0. The van der Waals surface area contributed by atoms with Crippen molar-refractivity contribution < 1.29 is 12.4 Å². The van der Waals surface area contributed by atoms with Crippen molar-refractivity contribution in [3.8, 4) is 45.6 Å². The summed E-state index contributed by atoms with van der Waals surface area (Å²) in [6.45, 7) is 0. The molecule has 0 saturated heterocycles. The average Bonchev–Trinajstić information content (AvgIpc) is 4.07. The molecule has 330 valence electrons. The van der Waals surface area contributed by atoms with E-state index >= 15 is 0 Å². The zero-order chi connectivity index (χ0) is 45.4. The molecule has 12 aromatic rings. The van der Waals surface area contributed by atoms with Crippen LogP contribution < -0.4 is 12.4 Å². The molecule has 0 unspecified atom stereocenters. The Kier molecular flexibility index (Phi) is 11.1. The van der Waals surface area contributed by atoms with Gasteiger partial charge in [-0.25, -0.2) is 0 Å². The molecule has 6 bridgehead atoms. The molecule has 8 aromatic carbocycles. The van der Waals surface area contributed by atoms with E-state index in [4.69, 9.17) is 29.9 Å².